The first-order valence-corrected chi connectivity index (χ1v) is 8.86. The third kappa shape index (κ3) is 4.02. The van der Waals surface area contributed by atoms with Crippen molar-refractivity contribution >= 4 is 22.8 Å². The first-order valence-electron chi connectivity index (χ1n) is 8.86. The van der Waals surface area contributed by atoms with Crippen LogP contribution < -0.4 is 5.32 Å². The summed E-state index contributed by atoms with van der Waals surface area (Å²) in [7, 11) is 0. The number of rotatable bonds is 7. The van der Waals surface area contributed by atoms with Crippen molar-refractivity contribution in [2.45, 2.75) is 45.6 Å². The van der Waals surface area contributed by atoms with Crippen molar-refractivity contribution in [1.82, 2.24) is 15.5 Å². The van der Waals surface area contributed by atoms with Crippen molar-refractivity contribution in [2.24, 2.45) is 0 Å². The maximum absolute atomic E-state index is 12.4. The zero-order valence-electron chi connectivity index (χ0n) is 15.6. The number of aryl methyl sites for hydroxylation is 2. The van der Waals surface area contributed by atoms with Crippen LogP contribution in [0.1, 0.15) is 41.8 Å². The van der Waals surface area contributed by atoms with Gasteiger partial charge in [-0.3, -0.25) is 4.79 Å². The number of fused-ring (bicyclic) bond motifs is 1. The number of benzene rings is 1. The largest absolute Gasteiger partial charge is 0.480 e. The van der Waals surface area contributed by atoms with E-state index in [9.17, 15) is 14.7 Å². The summed E-state index contributed by atoms with van der Waals surface area (Å²) in [6, 6.07) is 6.68. The zero-order valence-corrected chi connectivity index (χ0v) is 15.6. The van der Waals surface area contributed by atoms with Crippen LogP contribution in [-0.4, -0.2) is 33.2 Å². The Hall–Kier alpha value is -3.09. The number of aliphatic carboxylic acids is 1. The molecule has 2 atom stereocenters. The Morgan fingerprint density at radius 1 is 1.30 bits per heavy atom. The van der Waals surface area contributed by atoms with Crippen molar-refractivity contribution in [3.8, 4) is 0 Å². The lowest BCUT2D eigenvalue weighted by Gasteiger charge is -2.16. The molecule has 3 N–H and O–H groups in total. The van der Waals surface area contributed by atoms with Crippen molar-refractivity contribution in [3.63, 3.8) is 0 Å². The summed E-state index contributed by atoms with van der Waals surface area (Å²) >= 11 is 0. The summed E-state index contributed by atoms with van der Waals surface area (Å²) in [6.45, 7) is 5.54. The van der Waals surface area contributed by atoms with Gasteiger partial charge in [0.2, 0.25) is 5.91 Å². The lowest BCUT2D eigenvalue weighted by molar-refractivity contribution is -0.141. The van der Waals surface area contributed by atoms with Gasteiger partial charge in [0.1, 0.15) is 11.8 Å². The molecule has 1 aromatic carbocycles. The molecule has 142 valence electrons. The smallest absolute Gasteiger partial charge is 0.326 e. The second kappa shape index (κ2) is 7.65. The van der Waals surface area contributed by atoms with E-state index in [2.05, 4.69) is 15.5 Å². The molecule has 2 unspecified atom stereocenters. The molecule has 7 heteroatoms. The first kappa shape index (κ1) is 18.7. The van der Waals surface area contributed by atoms with Gasteiger partial charge in [-0.1, -0.05) is 30.3 Å². The topological polar surface area (TPSA) is 108 Å². The number of carbonyl (C=O) groups excluding carboxylic acids is 1. The Bertz CT molecular complexity index is 953. The monoisotopic (exact) mass is 369 g/mol. The quantitative estimate of drug-likeness (QED) is 0.593. The van der Waals surface area contributed by atoms with Crippen LogP contribution >= 0.6 is 0 Å². The van der Waals surface area contributed by atoms with Gasteiger partial charge in [-0.05, 0) is 31.4 Å². The highest BCUT2D eigenvalue weighted by Crippen LogP contribution is 2.26. The van der Waals surface area contributed by atoms with Gasteiger partial charge in [-0.25, -0.2) is 4.79 Å². The van der Waals surface area contributed by atoms with Gasteiger partial charge < -0.3 is 19.9 Å². The molecule has 0 saturated heterocycles. The van der Waals surface area contributed by atoms with Crippen LogP contribution in [0.4, 0.5) is 0 Å². The second-order valence-corrected chi connectivity index (χ2v) is 6.86. The Morgan fingerprint density at radius 3 is 2.70 bits per heavy atom. The molecule has 0 aliphatic carbocycles. The Labute approximate surface area is 156 Å². The molecule has 7 nitrogen and oxygen atoms in total. The molecule has 0 spiro atoms. The van der Waals surface area contributed by atoms with Crippen molar-refractivity contribution < 1.29 is 19.2 Å². The minimum Gasteiger partial charge on any atom is -0.480 e. The average Bonchev–Trinajstić information content (AvgIpc) is 3.17. The Kier molecular flexibility index (Phi) is 5.30. The summed E-state index contributed by atoms with van der Waals surface area (Å²) in [5.74, 6) is -0.798. The molecule has 2 heterocycles. The Balaban J connectivity index is 1.69. The molecule has 1 amide bonds. The van der Waals surface area contributed by atoms with Crippen LogP contribution in [0.15, 0.2) is 35.0 Å². The number of para-hydroxylation sites is 1. The fraction of sp³-hybridized carbons (Fsp3) is 0.350. The molecule has 0 bridgehead atoms. The number of carboxylic acid groups (broad SMARTS) is 1. The van der Waals surface area contributed by atoms with E-state index in [0.29, 0.717) is 5.76 Å². The van der Waals surface area contributed by atoms with Crippen LogP contribution in [0.5, 0.6) is 0 Å². The van der Waals surface area contributed by atoms with Gasteiger partial charge in [0.05, 0.1) is 5.69 Å². The van der Waals surface area contributed by atoms with Gasteiger partial charge in [0, 0.05) is 35.5 Å². The zero-order chi connectivity index (χ0) is 19.6. The van der Waals surface area contributed by atoms with Crippen LogP contribution in [0.25, 0.3) is 10.9 Å². The number of aromatic nitrogens is 2. The predicted octanol–water partition coefficient (Wildman–Crippen LogP) is 3.08. The third-order valence-electron chi connectivity index (χ3n) is 4.81. The number of carbonyl (C=O) groups is 2. The molecule has 0 saturated carbocycles. The van der Waals surface area contributed by atoms with E-state index in [1.54, 1.807) is 13.1 Å². The molecule has 2 aromatic heterocycles. The number of nitrogens with one attached hydrogen (secondary N) is 2. The maximum atomic E-state index is 12.4. The molecule has 27 heavy (non-hydrogen) atoms. The van der Waals surface area contributed by atoms with Crippen molar-refractivity contribution in [3.05, 3.63) is 53.0 Å². The molecule has 0 aliphatic rings. The molecule has 0 radical (unpaired) electrons. The van der Waals surface area contributed by atoms with Gasteiger partial charge in [0.25, 0.3) is 0 Å². The first-order chi connectivity index (χ1) is 12.9. The number of nitrogens with zero attached hydrogens (tertiary/aromatic N) is 1. The predicted molar refractivity (Wildman–Crippen MR) is 101 cm³/mol. The molecule has 3 aromatic rings. The second-order valence-electron chi connectivity index (χ2n) is 6.86. The van der Waals surface area contributed by atoms with Gasteiger partial charge in [-0.15, -0.1) is 0 Å². The van der Waals surface area contributed by atoms with E-state index in [4.69, 9.17) is 4.52 Å². The van der Waals surface area contributed by atoms with E-state index in [0.717, 1.165) is 27.7 Å². The van der Waals surface area contributed by atoms with E-state index >= 15 is 0 Å². The average molecular weight is 369 g/mol. The van der Waals surface area contributed by atoms with Crippen LogP contribution in [0, 0.1) is 13.8 Å². The van der Waals surface area contributed by atoms with E-state index in [1.807, 2.05) is 38.1 Å². The van der Waals surface area contributed by atoms with E-state index in [1.165, 1.54) is 0 Å². The summed E-state index contributed by atoms with van der Waals surface area (Å²) in [4.78, 5) is 27.2. The van der Waals surface area contributed by atoms with Crippen LogP contribution in [-0.2, 0) is 16.0 Å². The van der Waals surface area contributed by atoms with Gasteiger partial charge >= 0.3 is 5.97 Å². The van der Waals surface area contributed by atoms with E-state index in [-0.39, 0.29) is 24.7 Å². The van der Waals surface area contributed by atoms with Gasteiger partial charge in [-0.2, -0.15) is 0 Å². The SMILES string of the molecule is Cc1noc(C)c1C(C)CC(=O)NC(Cc1c[nH]c2ccccc12)C(=O)O. The minimum atomic E-state index is -1.06. The summed E-state index contributed by atoms with van der Waals surface area (Å²) in [6.07, 6.45) is 2.17. The lowest BCUT2D eigenvalue weighted by Crippen LogP contribution is -2.42. The molecule has 3 rings (SSSR count). The molecular weight excluding hydrogens is 346 g/mol. The van der Waals surface area contributed by atoms with Crippen LogP contribution in [0.2, 0.25) is 0 Å². The lowest BCUT2D eigenvalue weighted by atomic mass is 9.95. The fourth-order valence-electron chi connectivity index (χ4n) is 3.55. The highest BCUT2D eigenvalue weighted by Gasteiger charge is 2.24. The summed E-state index contributed by atoms with van der Waals surface area (Å²) in [5.41, 5.74) is 3.45. The number of amides is 1. The van der Waals surface area contributed by atoms with Crippen LogP contribution in [0.3, 0.4) is 0 Å². The Morgan fingerprint density at radius 2 is 2.04 bits per heavy atom. The third-order valence-corrected chi connectivity index (χ3v) is 4.81. The highest BCUT2D eigenvalue weighted by molar-refractivity contribution is 5.87. The standard InChI is InChI=1S/C20H23N3O4/c1-11(19-12(2)23-27-13(19)3)8-18(24)22-17(20(25)26)9-14-10-21-16-7-5-4-6-15(14)16/h4-7,10-11,17,21H,8-9H2,1-3H3,(H,22,24)(H,25,26). The van der Waals surface area contributed by atoms with Gasteiger partial charge in [0.15, 0.2) is 0 Å². The number of hydrogen-bond donors (Lipinski definition) is 3. The molecular formula is C20H23N3O4. The number of hydrogen-bond acceptors (Lipinski definition) is 4. The molecule has 0 fully saturated rings. The normalized spacial score (nSPS) is 13.4. The van der Waals surface area contributed by atoms with Crippen molar-refractivity contribution in [2.75, 3.05) is 0 Å². The van der Waals surface area contributed by atoms with E-state index < -0.39 is 12.0 Å². The number of H-pyrrole nitrogens is 1. The highest BCUT2D eigenvalue weighted by atomic mass is 16.5. The summed E-state index contributed by atoms with van der Waals surface area (Å²) in [5, 5.41) is 17.1. The van der Waals surface area contributed by atoms with Crippen molar-refractivity contribution in [1.29, 1.82) is 0 Å². The summed E-state index contributed by atoms with van der Waals surface area (Å²) < 4.78 is 5.15. The maximum Gasteiger partial charge on any atom is 0.326 e. The molecule has 0 aliphatic heterocycles. The number of aromatic amines is 1. The minimum absolute atomic E-state index is 0.112. The number of carboxylic acids is 1. The fourth-order valence-corrected chi connectivity index (χ4v) is 3.55.